The number of rotatable bonds is 17. The lowest BCUT2D eigenvalue weighted by Crippen LogP contribution is -2.33. The molecule has 2 unspecified atom stereocenters. The molecule has 9 nitrogen and oxygen atoms in total. The molecule has 0 N–H and O–H groups in total. The Balaban J connectivity index is 2.30. The van der Waals surface area contributed by atoms with Crippen molar-refractivity contribution in [1.82, 2.24) is 4.67 Å². The summed E-state index contributed by atoms with van der Waals surface area (Å²) in [6, 6.07) is 8.93. The van der Waals surface area contributed by atoms with Gasteiger partial charge >= 0.3 is 5.30 Å². The Kier molecular flexibility index (Phi) is 15.8. The van der Waals surface area contributed by atoms with Gasteiger partial charge in [0.2, 0.25) is 0 Å². The topological polar surface area (TPSA) is 115 Å². The van der Waals surface area contributed by atoms with Crippen molar-refractivity contribution in [2.45, 2.75) is 84.9 Å². The minimum atomic E-state index is -1.21. The lowest BCUT2D eigenvalue weighted by molar-refractivity contribution is -0.386. The van der Waals surface area contributed by atoms with Crippen LogP contribution in [0.25, 0.3) is 0 Å². The molecule has 0 aliphatic carbocycles. The molecule has 196 valence electrons. The van der Waals surface area contributed by atoms with Crippen LogP contribution in [0.1, 0.15) is 78.4 Å². The van der Waals surface area contributed by atoms with Gasteiger partial charge in [-0.1, -0.05) is 25.0 Å². The summed E-state index contributed by atoms with van der Waals surface area (Å²) in [6.07, 6.45) is 3.32. The zero-order chi connectivity index (χ0) is 26.2. The maximum Gasteiger partial charge on any atom is 0.367 e. The lowest BCUT2D eigenvalue weighted by atomic mass is 10.1. The summed E-state index contributed by atoms with van der Waals surface area (Å²) in [6.45, 7) is 11.0. The molecule has 1 aromatic rings. The van der Waals surface area contributed by atoms with Crippen LogP contribution in [0.3, 0.4) is 0 Å². The molecular formula is C24H38N3O6PS. The highest BCUT2D eigenvalue weighted by atomic mass is 32.2. The summed E-state index contributed by atoms with van der Waals surface area (Å²) >= 11 is 1.09. The number of hydrogen-bond acceptors (Lipinski definition) is 9. The highest BCUT2D eigenvalue weighted by Crippen LogP contribution is 2.46. The third kappa shape index (κ3) is 12.2. The number of para-hydroxylation sites is 1. The molecule has 1 rings (SSSR count). The summed E-state index contributed by atoms with van der Waals surface area (Å²) in [7, 11) is -1.21. The Hall–Kier alpha value is -1.76. The summed E-state index contributed by atoms with van der Waals surface area (Å²) in [5.74, 6) is 0.627. The summed E-state index contributed by atoms with van der Waals surface area (Å²) in [5.41, 5.74) is 0.334. The van der Waals surface area contributed by atoms with Crippen LogP contribution in [0.2, 0.25) is 0 Å². The number of nitro benzene ring substituents is 1. The molecule has 0 aromatic heterocycles. The van der Waals surface area contributed by atoms with Crippen molar-refractivity contribution in [3.8, 4) is 6.07 Å². The van der Waals surface area contributed by atoms with Crippen LogP contribution in [0.4, 0.5) is 10.5 Å². The summed E-state index contributed by atoms with van der Waals surface area (Å²) < 4.78 is 19.5. The number of carbonyl (C=O) groups is 1. The molecule has 1 aromatic carbocycles. The number of nitriles is 1. The van der Waals surface area contributed by atoms with Crippen molar-refractivity contribution in [3.05, 3.63) is 39.9 Å². The van der Waals surface area contributed by atoms with E-state index in [1.165, 1.54) is 6.07 Å². The molecule has 0 heterocycles. The van der Waals surface area contributed by atoms with E-state index in [-0.39, 0.29) is 17.8 Å². The highest BCUT2D eigenvalue weighted by Gasteiger charge is 2.27. The van der Waals surface area contributed by atoms with Gasteiger partial charge in [-0.25, -0.2) is 9.46 Å². The van der Waals surface area contributed by atoms with E-state index in [0.29, 0.717) is 31.0 Å². The number of benzene rings is 1. The van der Waals surface area contributed by atoms with Gasteiger partial charge < -0.3 is 13.8 Å². The van der Waals surface area contributed by atoms with Gasteiger partial charge in [-0.15, -0.1) is 0 Å². The minimum Gasteiger partial charge on any atom is -0.449 e. The first-order valence-corrected chi connectivity index (χ1v) is 14.1. The van der Waals surface area contributed by atoms with Crippen molar-refractivity contribution in [2.24, 2.45) is 0 Å². The fraction of sp³-hybridized carbons (Fsp3) is 0.667. The quantitative estimate of drug-likeness (QED) is 0.0672. The van der Waals surface area contributed by atoms with Crippen LogP contribution in [0.15, 0.2) is 24.3 Å². The summed E-state index contributed by atoms with van der Waals surface area (Å²) in [5, 5.41) is 19.5. The van der Waals surface area contributed by atoms with Gasteiger partial charge in [0.25, 0.3) is 14.2 Å². The normalized spacial score (nSPS) is 13.1. The predicted octanol–water partition coefficient (Wildman–Crippen LogP) is 7.38. The number of hydrogen-bond donors (Lipinski definition) is 0. The van der Waals surface area contributed by atoms with Gasteiger partial charge in [0, 0.05) is 23.9 Å². The first kappa shape index (κ1) is 31.3. The van der Waals surface area contributed by atoms with Gasteiger partial charge in [0.15, 0.2) is 0 Å². The molecule has 0 fully saturated rings. The fourth-order valence-corrected chi connectivity index (χ4v) is 5.76. The van der Waals surface area contributed by atoms with E-state index in [1.54, 1.807) is 25.1 Å². The molecule has 0 saturated carbocycles. The van der Waals surface area contributed by atoms with Gasteiger partial charge in [0.1, 0.15) is 6.10 Å². The second-order valence-electron chi connectivity index (χ2n) is 8.47. The third-order valence-corrected chi connectivity index (χ3v) is 7.90. The third-order valence-electron chi connectivity index (χ3n) is 4.97. The van der Waals surface area contributed by atoms with Crippen molar-refractivity contribution < 1.29 is 23.5 Å². The van der Waals surface area contributed by atoms with E-state index in [9.17, 15) is 14.9 Å². The second kappa shape index (κ2) is 17.6. The molecule has 0 radical (unpaired) electrons. The van der Waals surface area contributed by atoms with E-state index < -0.39 is 24.9 Å². The molecule has 35 heavy (non-hydrogen) atoms. The standard InChI is InChI=1S/C24H38N3O6PS/c1-19(2)26(20(3)4)34(32-17-12-15-25)31-16-10-6-7-11-18-35-24(28)33-21(5)22-13-8-9-14-23(22)27(29)30/h8-9,13-14,19-21H,6-7,10-12,16-18H2,1-5H3. The monoisotopic (exact) mass is 527 g/mol. The number of nitro groups is 1. The Morgan fingerprint density at radius 2 is 1.71 bits per heavy atom. The van der Waals surface area contributed by atoms with E-state index in [4.69, 9.17) is 19.0 Å². The average molecular weight is 528 g/mol. The zero-order valence-electron chi connectivity index (χ0n) is 21.3. The van der Waals surface area contributed by atoms with Crippen LogP contribution >= 0.6 is 20.3 Å². The number of nitrogens with zero attached hydrogens (tertiary/aromatic N) is 3. The number of ether oxygens (including phenoxy) is 1. The fourth-order valence-electron chi connectivity index (χ4n) is 3.41. The van der Waals surface area contributed by atoms with Crippen molar-refractivity contribution in [1.29, 1.82) is 5.26 Å². The first-order valence-electron chi connectivity index (χ1n) is 12.0. The SMILES string of the molecule is CC(OC(=O)SCCCCCCOP(OCCC#N)N(C(C)C)C(C)C)c1ccccc1[N+](=O)[O-]. The van der Waals surface area contributed by atoms with Crippen LogP contribution in [0.5, 0.6) is 0 Å². The second-order valence-corrected chi connectivity index (χ2v) is 11.0. The molecule has 11 heteroatoms. The minimum absolute atomic E-state index is 0.0518. The van der Waals surface area contributed by atoms with E-state index in [1.807, 2.05) is 0 Å². The Labute approximate surface area is 214 Å². The molecule has 0 saturated heterocycles. The highest BCUT2D eigenvalue weighted by molar-refractivity contribution is 8.13. The lowest BCUT2D eigenvalue weighted by Gasteiger charge is -2.35. The number of thioether (sulfide) groups is 1. The van der Waals surface area contributed by atoms with E-state index in [2.05, 4.69) is 38.4 Å². The maximum absolute atomic E-state index is 12.1. The molecule has 0 bridgehead atoms. The van der Waals surface area contributed by atoms with Crippen LogP contribution in [0, 0.1) is 21.4 Å². The molecule has 0 spiro atoms. The van der Waals surface area contributed by atoms with Gasteiger partial charge in [-0.2, -0.15) is 5.26 Å². The maximum atomic E-state index is 12.1. The molecular weight excluding hydrogens is 489 g/mol. The molecule has 2 atom stereocenters. The Morgan fingerprint density at radius 1 is 1.09 bits per heavy atom. The number of unbranched alkanes of at least 4 members (excludes halogenated alkanes) is 3. The van der Waals surface area contributed by atoms with Crippen molar-refractivity contribution in [3.63, 3.8) is 0 Å². The predicted molar refractivity (Wildman–Crippen MR) is 140 cm³/mol. The zero-order valence-corrected chi connectivity index (χ0v) is 23.1. The Bertz CT molecular complexity index is 813. The van der Waals surface area contributed by atoms with Crippen molar-refractivity contribution in [2.75, 3.05) is 19.0 Å². The van der Waals surface area contributed by atoms with Crippen molar-refractivity contribution >= 4 is 31.3 Å². The van der Waals surface area contributed by atoms with Gasteiger partial charge in [0.05, 0.1) is 36.2 Å². The van der Waals surface area contributed by atoms with E-state index >= 15 is 0 Å². The largest absolute Gasteiger partial charge is 0.449 e. The van der Waals surface area contributed by atoms with E-state index in [0.717, 1.165) is 37.4 Å². The number of carbonyl (C=O) groups excluding carboxylic acids is 1. The van der Waals surface area contributed by atoms with Gasteiger partial charge in [-0.3, -0.25) is 10.1 Å². The van der Waals surface area contributed by atoms with Crippen LogP contribution in [-0.2, 0) is 13.8 Å². The first-order chi connectivity index (χ1) is 16.7. The molecule has 0 amide bonds. The molecule has 0 aliphatic heterocycles. The van der Waals surface area contributed by atoms with Gasteiger partial charge in [-0.05, 0) is 65.3 Å². The average Bonchev–Trinajstić information content (AvgIpc) is 2.80. The van der Waals surface area contributed by atoms with Crippen LogP contribution in [-0.4, -0.2) is 45.9 Å². The Morgan fingerprint density at radius 3 is 2.34 bits per heavy atom. The smallest absolute Gasteiger partial charge is 0.367 e. The van der Waals surface area contributed by atoms with Crippen LogP contribution < -0.4 is 0 Å². The summed E-state index contributed by atoms with van der Waals surface area (Å²) in [4.78, 5) is 22.8. The molecule has 0 aliphatic rings.